The van der Waals surface area contributed by atoms with Gasteiger partial charge in [0.1, 0.15) is 0 Å². The molecule has 1 aromatic carbocycles. The van der Waals surface area contributed by atoms with Crippen molar-refractivity contribution in [1.82, 2.24) is 9.78 Å². The summed E-state index contributed by atoms with van der Waals surface area (Å²) in [5.74, 6) is 0. The van der Waals surface area contributed by atoms with Crippen LogP contribution in [-0.2, 0) is 6.42 Å². The minimum absolute atomic E-state index is 0.0933. The first-order valence-electron chi connectivity index (χ1n) is 7.31. The normalized spacial score (nSPS) is 20.1. The topological polar surface area (TPSA) is 60.9 Å². The van der Waals surface area contributed by atoms with Gasteiger partial charge in [-0.05, 0) is 48.4 Å². The van der Waals surface area contributed by atoms with Crippen LogP contribution >= 0.6 is 0 Å². The fraction of sp³-hybridized carbons (Fsp3) is 0.412. The van der Waals surface area contributed by atoms with E-state index in [1.165, 1.54) is 4.68 Å². The molecule has 0 fully saturated rings. The fourth-order valence-corrected chi connectivity index (χ4v) is 3.18. The van der Waals surface area contributed by atoms with E-state index in [0.717, 1.165) is 35.3 Å². The fourth-order valence-electron chi connectivity index (χ4n) is 3.18. The van der Waals surface area contributed by atoms with Gasteiger partial charge in [-0.1, -0.05) is 26.0 Å². The zero-order chi connectivity index (χ0) is 15.2. The van der Waals surface area contributed by atoms with Crippen LogP contribution in [0.25, 0.3) is 5.69 Å². The summed E-state index contributed by atoms with van der Waals surface area (Å²) in [6.45, 7) is 6.37. The second kappa shape index (κ2) is 4.81. The van der Waals surface area contributed by atoms with Gasteiger partial charge in [0.05, 0.1) is 11.4 Å². The molecule has 4 nitrogen and oxygen atoms in total. The maximum atomic E-state index is 12.4. The Labute approximate surface area is 124 Å². The Bertz CT molecular complexity index is 746. The van der Waals surface area contributed by atoms with E-state index < -0.39 is 0 Å². The van der Waals surface area contributed by atoms with Crippen LogP contribution in [0.5, 0.6) is 0 Å². The van der Waals surface area contributed by atoms with E-state index in [9.17, 15) is 4.79 Å². The van der Waals surface area contributed by atoms with Gasteiger partial charge in [-0.15, -0.1) is 0 Å². The number of nitrogens with zero attached hydrogens (tertiary/aromatic N) is 2. The third-order valence-electron chi connectivity index (χ3n) is 4.08. The molecule has 0 saturated heterocycles. The molecule has 1 aliphatic carbocycles. The highest BCUT2D eigenvalue weighted by Crippen LogP contribution is 2.37. The van der Waals surface area contributed by atoms with Crippen LogP contribution in [-0.4, -0.2) is 9.78 Å². The van der Waals surface area contributed by atoms with Crippen molar-refractivity contribution in [2.45, 2.75) is 39.7 Å². The lowest BCUT2D eigenvalue weighted by Crippen LogP contribution is -2.34. The first kappa shape index (κ1) is 14.0. The van der Waals surface area contributed by atoms with Crippen molar-refractivity contribution >= 4 is 0 Å². The Morgan fingerprint density at radius 1 is 1.33 bits per heavy atom. The zero-order valence-electron chi connectivity index (χ0n) is 12.8. The Morgan fingerprint density at radius 2 is 2.10 bits per heavy atom. The summed E-state index contributed by atoms with van der Waals surface area (Å²) in [5.41, 5.74) is 10.0. The largest absolute Gasteiger partial charge is 0.323 e. The Hall–Kier alpha value is -1.94. The van der Waals surface area contributed by atoms with Crippen molar-refractivity contribution in [3.8, 4) is 5.69 Å². The van der Waals surface area contributed by atoms with E-state index in [1.807, 2.05) is 31.2 Å². The smallest absolute Gasteiger partial charge is 0.271 e. The number of nitrogens with two attached hydrogens (primary N) is 1. The van der Waals surface area contributed by atoms with E-state index in [-0.39, 0.29) is 17.0 Å². The molecule has 1 heterocycles. The van der Waals surface area contributed by atoms with Crippen molar-refractivity contribution in [3.63, 3.8) is 0 Å². The van der Waals surface area contributed by atoms with Crippen LogP contribution in [0.3, 0.4) is 0 Å². The van der Waals surface area contributed by atoms with Crippen molar-refractivity contribution in [1.29, 1.82) is 0 Å². The molecule has 1 atom stereocenters. The van der Waals surface area contributed by atoms with Crippen LogP contribution in [0, 0.1) is 12.3 Å². The van der Waals surface area contributed by atoms with Gasteiger partial charge in [0.2, 0.25) is 0 Å². The SMILES string of the molecule is Cc1cccc(-n2nc3c(cc2=O)CC(C)(C)CC3N)c1. The molecule has 3 rings (SSSR count). The van der Waals surface area contributed by atoms with Crippen LogP contribution in [0.2, 0.25) is 0 Å². The first-order chi connectivity index (χ1) is 9.85. The Kier molecular flexibility index (Phi) is 3.21. The third kappa shape index (κ3) is 2.63. The lowest BCUT2D eigenvalue weighted by molar-refractivity contribution is 0.276. The zero-order valence-corrected chi connectivity index (χ0v) is 12.8. The van der Waals surface area contributed by atoms with Gasteiger partial charge >= 0.3 is 0 Å². The van der Waals surface area contributed by atoms with Crippen molar-refractivity contribution < 1.29 is 0 Å². The molecule has 2 N–H and O–H groups in total. The van der Waals surface area contributed by atoms with E-state index in [1.54, 1.807) is 6.07 Å². The molecular weight excluding hydrogens is 262 g/mol. The molecule has 1 aromatic heterocycles. The predicted molar refractivity (Wildman–Crippen MR) is 83.6 cm³/mol. The molecule has 0 amide bonds. The van der Waals surface area contributed by atoms with E-state index in [0.29, 0.717) is 0 Å². The summed E-state index contributed by atoms with van der Waals surface area (Å²) in [5, 5.41) is 4.55. The lowest BCUT2D eigenvalue weighted by atomic mass is 9.74. The average Bonchev–Trinajstić information content (AvgIpc) is 2.36. The van der Waals surface area contributed by atoms with Crippen LogP contribution in [0.15, 0.2) is 35.1 Å². The van der Waals surface area contributed by atoms with Crippen LogP contribution in [0.1, 0.15) is 43.1 Å². The summed E-state index contributed by atoms with van der Waals surface area (Å²) < 4.78 is 1.46. The number of aryl methyl sites for hydroxylation is 1. The van der Waals surface area contributed by atoms with E-state index >= 15 is 0 Å². The second-order valence-corrected chi connectivity index (χ2v) is 6.80. The van der Waals surface area contributed by atoms with E-state index in [4.69, 9.17) is 5.73 Å². The van der Waals surface area contributed by atoms with Gasteiger partial charge < -0.3 is 5.73 Å². The number of hydrogen-bond donors (Lipinski definition) is 1. The maximum Gasteiger partial charge on any atom is 0.271 e. The van der Waals surface area contributed by atoms with Gasteiger partial charge in [0.15, 0.2) is 0 Å². The minimum Gasteiger partial charge on any atom is -0.323 e. The quantitative estimate of drug-likeness (QED) is 0.874. The molecule has 0 spiro atoms. The summed E-state index contributed by atoms with van der Waals surface area (Å²) >= 11 is 0. The molecule has 110 valence electrons. The van der Waals surface area contributed by atoms with Gasteiger partial charge in [-0.25, -0.2) is 0 Å². The van der Waals surface area contributed by atoms with Crippen molar-refractivity contribution in [2.24, 2.45) is 11.1 Å². The predicted octanol–water partition coefficient (Wildman–Crippen LogP) is 2.51. The highest BCUT2D eigenvalue weighted by molar-refractivity contribution is 5.36. The summed E-state index contributed by atoms with van der Waals surface area (Å²) in [6.07, 6.45) is 1.74. The molecule has 2 aromatic rings. The Balaban J connectivity index is 2.14. The van der Waals surface area contributed by atoms with E-state index in [2.05, 4.69) is 18.9 Å². The number of hydrogen-bond acceptors (Lipinski definition) is 3. The summed E-state index contributed by atoms with van der Waals surface area (Å²) in [6, 6.07) is 9.37. The maximum absolute atomic E-state index is 12.4. The molecular formula is C17H21N3O. The molecule has 0 radical (unpaired) electrons. The first-order valence-corrected chi connectivity index (χ1v) is 7.31. The molecule has 1 aliphatic rings. The number of aromatic nitrogens is 2. The second-order valence-electron chi connectivity index (χ2n) is 6.80. The lowest BCUT2D eigenvalue weighted by Gasteiger charge is -2.34. The molecule has 0 aliphatic heterocycles. The van der Waals surface area contributed by atoms with Gasteiger partial charge in [-0.2, -0.15) is 9.78 Å². The van der Waals surface area contributed by atoms with Gasteiger partial charge in [0, 0.05) is 12.1 Å². The third-order valence-corrected chi connectivity index (χ3v) is 4.08. The van der Waals surface area contributed by atoms with Crippen molar-refractivity contribution in [3.05, 3.63) is 57.5 Å². The van der Waals surface area contributed by atoms with Crippen LogP contribution in [0.4, 0.5) is 0 Å². The monoisotopic (exact) mass is 283 g/mol. The van der Waals surface area contributed by atoms with Gasteiger partial charge in [-0.3, -0.25) is 4.79 Å². The standard InChI is InChI=1S/C17H21N3O/c1-11-5-4-6-13(7-11)20-15(21)8-12-9-17(2,3)10-14(18)16(12)19-20/h4-8,14H,9-10,18H2,1-3H3. The molecule has 0 bridgehead atoms. The molecule has 21 heavy (non-hydrogen) atoms. The van der Waals surface area contributed by atoms with Gasteiger partial charge in [0.25, 0.3) is 5.56 Å². The highest BCUT2D eigenvalue weighted by atomic mass is 16.1. The molecule has 0 saturated carbocycles. The van der Waals surface area contributed by atoms with Crippen molar-refractivity contribution in [2.75, 3.05) is 0 Å². The molecule has 4 heteroatoms. The highest BCUT2D eigenvalue weighted by Gasteiger charge is 2.32. The Morgan fingerprint density at radius 3 is 2.81 bits per heavy atom. The number of rotatable bonds is 1. The summed E-state index contributed by atoms with van der Waals surface area (Å²) in [4.78, 5) is 12.4. The minimum atomic E-state index is -0.111. The van der Waals surface area contributed by atoms with Crippen LogP contribution < -0.4 is 11.3 Å². The molecule has 1 unspecified atom stereocenters. The number of fused-ring (bicyclic) bond motifs is 1. The number of benzene rings is 1. The summed E-state index contributed by atoms with van der Waals surface area (Å²) in [7, 11) is 0. The average molecular weight is 283 g/mol.